The van der Waals surface area contributed by atoms with E-state index in [1.165, 1.54) is 0 Å². The van der Waals surface area contributed by atoms with Crippen molar-refractivity contribution in [2.75, 3.05) is 11.9 Å². The Labute approximate surface area is 135 Å². The van der Waals surface area contributed by atoms with Crippen molar-refractivity contribution in [3.05, 3.63) is 57.0 Å². The maximum Gasteiger partial charge on any atom is 0.262 e. The lowest BCUT2D eigenvalue weighted by Gasteiger charge is -2.08. The Hall–Kier alpha value is -1.23. The molecular formula is C14H10BrCl2NO2. The molecule has 1 amide bonds. The second kappa shape index (κ2) is 6.97. The minimum Gasteiger partial charge on any atom is -0.484 e. The average molecular weight is 375 g/mol. The first-order valence-electron chi connectivity index (χ1n) is 5.67. The molecule has 0 spiro atoms. The summed E-state index contributed by atoms with van der Waals surface area (Å²) in [6.07, 6.45) is 0. The van der Waals surface area contributed by atoms with Gasteiger partial charge in [0.15, 0.2) is 6.61 Å². The van der Waals surface area contributed by atoms with Gasteiger partial charge in [-0.1, -0.05) is 39.1 Å². The first-order chi connectivity index (χ1) is 9.52. The Kier molecular flexibility index (Phi) is 5.29. The summed E-state index contributed by atoms with van der Waals surface area (Å²) in [5.41, 5.74) is 0.534. The summed E-state index contributed by atoms with van der Waals surface area (Å²) in [6, 6.07) is 12.0. The second-order valence-corrected chi connectivity index (χ2v) is 5.74. The molecule has 0 aliphatic rings. The van der Waals surface area contributed by atoms with Crippen LogP contribution in [0.3, 0.4) is 0 Å². The topological polar surface area (TPSA) is 38.3 Å². The van der Waals surface area contributed by atoms with Crippen LogP contribution in [0, 0.1) is 0 Å². The van der Waals surface area contributed by atoms with Crippen LogP contribution in [0.5, 0.6) is 5.75 Å². The molecule has 0 bridgehead atoms. The number of anilines is 1. The van der Waals surface area contributed by atoms with Gasteiger partial charge in [-0.05, 0) is 42.5 Å². The van der Waals surface area contributed by atoms with Gasteiger partial charge in [0.2, 0.25) is 0 Å². The molecule has 0 aromatic heterocycles. The molecule has 20 heavy (non-hydrogen) atoms. The summed E-state index contributed by atoms with van der Waals surface area (Å²) in [5.74, 6) is 0.332. The summed E-state index contributed by atoms with van der Waals surface area (Å²) in [4.78, 5) is 11.7. The molecule has 1 N–H and O–H groups in total. The van der Waals surface area contributed by atoms with E-state index >= 15 is 0 Å². The molecule has 6 heteroatoms. The van der Waals surface area contributed by atoms with Gasteiger partial charge in [0.1, 0.15) is 5.75 Å². The Morgan fingerprint density at radius 3 is 2.30 bits per heavy atom. The van der Waals surface area contributed by atoms with E-state index < -0.39 is 0 Å². The zero-order valence-electron chi connectivity index (χ0n) is 10.2. The molecule has 0 unspecified atom stereocenters. The van der Waals surface area contributed by atoms with E-state index in [0.29, 0.717) is 21.5 Å². The van der Waals surface area contributed by atoms with Gasteiger partial charge >= 0.3 is 0 Å². The van der Waals surface area contributed by atoms with Crippen LogP contribution in [-0.2, 0) is 4.79 Å². The quantitative estimate of drug-likeness (QED) is 0.836. The lowest BCUT2D eigenvalue weighted by molar-refractivity contribution is -0.118. The van der Waals surface area contributed by atoms with Crippen LogP contribution in [0.2, 0.25) is 10.0 Å². The fraction of sp³-hybridized carbons (Fsp3) is 0.0714. The van der Waals surface area contributed by atoms with E-state index in [1.54, 1.807) is 30.3 Å². The van der Waals surface area contributed by atoms with E-state index in [1.807, 2.05) is 12.1 Å². The van der Waals surface area contributed by atoms with Crippen molar-refractivity contribution >= 4 is 50.7 Å². The van der Waals surface area contributed by atoms with Gasteiger partial charge in [0, 0.05) is 20.2 Å². The summed E-state index contributed by atoms with van der Waals surface area (Å²) < 4.78 is 6.30. The molecule has 0 saturated heterocycles. The number of rotatable bonds is 4. The molecule has 104 valence electrons. The number of carbonyl (C=O) groups excluding carboxylic acids is 1. The zero-order valence-corrected chi connectivity index (χ0v) is 13.3. The fourth-order valence-electron chi connectivity index (χ4n) is 1.50. The largest absolute Gasteiger partial charge is 0.484 e. The normalized spacial score (nSPS) is 10.2. The number of hydrogen-bond donors (Lipinski definition) is 1. The predicted octanol–water partition coefficient (Wildman–Crippen LogP) is 4.77. The van der Waals surface area contributed by atoms with Crippen LogP contribution in [0.1, 0.15) is 0 Å². The third-order valence-corrected chi connectivity index (χ3v) is 3.29. The molecule has 0 radical (unpaired) electrons. The van der Waals surface area contributed by atoms with Gasteiger partial charge in [-0.3, -0.25) is 4.79 Å². The van der Waals surface area contributed by atoms with Gasteiger partial charge in [0.05, 0.1) is 0 Å². The molecule has 0 fully saturated rings. The lowest BCUT2D eigenvalue weighted by Crippen LogP contribution is -2.20. The van der Waals surface area contributed by atoms with Crippen LogP contribution >= 0.6 is 39.1 Å². The van der Waals surface area contributed by atoms with Crippen LogP contribution in [0.15, 0.2) is 46.9 Å². The molecule has 0 saturated carbocycles. The number of halogens is 3. The Morgan fingerprint density at radius 1 is 1.10 bits per heavy atom. The van der Waals surface area contributed by atoms with E-state index in [0.717, 1.165) is 4.47 Å². The molecule has 3 nitrogen and oxygen atoms in total. The smallest absolute Gasteiger partial charge is 0.262 e. The van der Waals surface area contributed by atoms with E-state index in [-0.39, 0.29) is 12.5 Å². The van der Waals surface area contributed by atoms with Crippen molar-refractivity contribution in [1.82, 2.24) is 0 Å². The number of benzene rings is 2. The second-order valence-electron chi connectivity index (χ2n) is 3.95. The van der Waals surface area contributed by atoms with Crippen LogP contribution in [0.4, 0.5) is 5.69 Å². The number of carbonyl (C=O) groups is 1. The Balaban J connectivity index is 1.90. The monoisotopic (exact) mass is 373 g/mol. The van der Waals surface area contributed by atoms with Crippen molar-refractivity contribution in [2.45, 2.75) is 0 Å². The molecule has 2 rings (SSSR count). The van der Waals surface area contributed by atoms with Crippen molar-refractivity contribution in [1.29, 1.82) is 0 Å². The molecule has 0 aliphatic carbocycles. The highest BCUT2D eigenvalue weighted by Crippen LogP contribution is 2.22. The lowest BCUT2D eigenvalue weighted by atomic mass is 10.3. The number of nitrogens with one attached hydrogen (secondary N) is 1. The maximum absolute atomic E-state index is 11.7. The molecule has 0 aliphatic heterocycles. The van der Waals surface area contributed by atoms with Crippen LogP contribution < -0.4 is 10.1 Å². The SMILES string of the molecule is O=C(COc1ccc(Br)cc1)Nc1cc(Cl)cc(Cl)c1. The third-order valence-electron chi connectivity index (χ3n) is 2.33. The molecule has 2 aromatic rings. The maximum atomic E-state index is 11.7. The summed E-state index contributed by atoms with van der Waals surface area (Å²) in [5, 5.41) is 3.58. The highest BCUT2D eigenvalue weighted by atomic mass is 79.9. The van der Waals surface area contributed by atoms with Crippen molar-refractivity contribution in [3.63, 3.8) is 0 Å². The number of amides is 1. The Morgan fingerprint density at radius 2 is 1.70 bits per heavy atom. The van der Waals surface area contributed by atoms with E-state index in [4.69, 9.17) is 27.9 Å². The van der Waals surface area contributed by atoms with Crippen molar-refractivity contribution in [3.8, 4) is 5.75 Å². The van der Waals surface area contributed by atoms with Gasteiger partial charge < -0.3 is 10.1 Å². The summed E-state index contributed by atoms with van der Waals surface area (Å²) in [6.45, 7) is -0.0915. The minimum absolute atomic E-state index is 0.0915. The molecule has 2 aromatic carbocycles. The van der Waals surface area contributed by atoms with Gasteiger partial charge in [-0.25, -0.2) is 0 Å². The van der Waals surface area contributed by atoms with Crippen molar-refractivity contribution in [2.24, 2.45) is 0 Å². The average Bonchev–Trinajstić information content (AvgIpc) is 2.37. The van der Waals surface area contributed by atoms with E-state index in [2.05, 4.69) is 21.2 Å². The highest BCUT2D eigenvalue weighted by Gasteiger charge is 2.05. The van der Waals surface area contributed by atoms with Gasteiger partial charge in [-0.2, -0.15) is 0 Å². The first kappa shape index (κ1) is 15.2. The standard InChI is InChI=1S/C14H10BrCl2NO2/c15-9-1-3-13(4-2-9)20-8-14(19)18-12-6-10(16)5-11(17)7-12/h1-7H,8H2,(H,18,19). The van der Waals surface area contributed by atoms with Crippen LogP contribution in [0.25, 0.3) is 0 Å². The summed E-state index contributed by atoms with van der Waals surface area (Å²) in [7, 11) is 0. The number of ether oxygens (including phenoxy) is 1. The van der Waals surface area contributed by atoms with Gasteiger partial charge in [-0.15, -0.1) is 0 Å². The fourth-order valence-corrected chi connectivity index (χ4v) is 2.29. The highest BCUT2D eigenvalue weighted by molar-refractivity contribution is 9.10. The third kappa shape index (κ3) is 4.71. The molecule has 0 atom stereocenters. The number of hydrogen-bond acceptors (Lipinski definition) is 2. The molecule has 0 heterocycles. The van der Waals surface area contributed by atoms with E-state index in [9.17, 15) is 4.79 Å². The molecular weight excluding hydrogens is 365 g/mol. The summed E-state index contributed by atoms with van der Waals surface area (Å²) >= 11 is 15.0. The first-order valence-corrected chi connectivity index (χ1v) is 7.22. The predicted molar refractivity (Wildman–Crippen MR) is 84.7 cm³/mol. The zero-order chi connectivity index (χ0) is 14.5. The Bertz CT molecular complexity index is 597. The minimum atomic E-state index is -0.286. The van der Waals surface area contributed by atoms with Crippen LogP contribution in [-0.4, -0.2) is 12.5 Å². The van der Waals surface area contributed by atoms with Gasteiger partial charge in [0.25, 0.3) is 5.91 Å². The van der Waals surface area contributed by atoms with Crippen molar-refractivity contribution < 1.29 is 9.53 Å².